The van der Waals surface area contributed by atoms with E-state index in [0.717, 1.165) is 17.7 Å². The van der Waals surface area contributed by atoms with Crippen LogP contribution in [0.3, 0.4) is 0 Å². The summed E-state index contributed by atoms with van der Waals surface area (Å²) in [6.07, 6.45) is 0.864. The van der Waals surface area contributed by atoms with Gasteiger partial charge in [-0.1, -0.05) is 6.07 Å². The van der Waals surface area contributed by atoms with Crippen LogP contribution in [0.5, 0.6) is 0 Å². The lowest BCUT2D eigenvalue weighted by molar-refractivity contribution is -0.118. The number of hydrogen-bond donors (Lipinski definition) is 1. The first-order valence-electron chi connectivity index (χ1n) is 8.23. The van der Waals surface area contributed by atoms with E-state index in [1.807, 2.05) is 32.0 Å². The number of hydrogen-bond acceptors (Lipinski definition) is 5. The number of carbonyl (C=O) groups excluding carboxylic acids is 2. The third-order valence-electron chi connectivity index (χ3n) is 4.44. The molecule has 0 spiro atoms. The normalized spacial score (nSPS) is 14.3. The number of carbonyl (C=O) groups is 2. The van der Waals surface area contributed by atoms with Gasteiger partial charge < -0.3 is 15.1 Å². The molecule has 130 valence electrons. The summed E-state index contributed by atoms with van der Waals surface area (Å²) in [6, 6.07) is 9.23. The molecule has 1 aromatic heterocycles. The Hall–Kier alpha value is -2.96. The second kappa shape index (κ2) is 7.29. The van der Waals surface area contributed by atoms with Gasteiger partial charge in [0.15, 0.2) is 11.5 Å². The number of anilines is 2. The van der Waals surface area contributed by atoms with Crippen LogP contribution in [0.1, 0.15) is 21.6 Å². The molecule has 1 aromatic carbocycles. The average molecular weight is 339 g/mol. The molecule has 1 N–H and O–H groups in total. The molecule has 7 heteroatoms. The zero-order valence-electron chi connectivity index (χ0n) is 14.4. The molecule has 2 amide bonds. The fraction of sp³-hybridized carbons (Fsp3) is 0.333. The number of aryl methyl sites for hydroxylation is 2. The Morgan fingerprint density at radius 3 is 2.40 bits per heavy atom. The van der Waals surface area contributed by atoms with Gasteiger partial charge in [-0.2, -0.15) is 0 Å². The van der Waals surface area contributed by atoms with Crippen LogP contribution in [-0.4, -0.2) is 53.6 Å². The maximum atomic E-state index is 12.3. The molecule has 7 nitrogen and oxygen atoms in total. The SMILES string of the molecule is Cc1ccc(NC(=O)c2ccc(N3CCN(C=O)CC3)nn2)cc1C. The number of rotatable bonds is 4. The first-order valence-corrected chi connectivity index (χ1v) is 8.23. The van der Waals surface area contributed by atoms with Crippen molar-refractivity contribution in [3.63, 3.8) is 0 Å². The molecule has 0 saturated carbocycles. The van der Waals surface area contributed by atoms with Crippen molar-refractivity contribution in [1.29, 1.82) is 0 Å². The molecule has 1 fully saturated rings. The van der Waals surface area contributed by atoms with E-state index in [1.165, 1.54) is 5.56 Å². The number of nitrogens with one attached hydrogen (secondary N) is 1. The summed E-state index contributed by atoms with van der Waals surface area (Å²) in [5.74, 6) is 0.432. The molecule has 3 rings (SSSR count). The quantitative estimate of drug-likeness (QED) is 0.857. The fourth-order valence-corrected chi connectivity index (χ4v) is 2.69. The molecule has 2 aromatic rings. The number of amides is 2. The Labute approximate surface area is 146 Å². The van der Waals surface area contributed by atoms with E-state index in [2.05, 4.69) is 20.4 Å². The van der Waals surface area contributed by atoms with E-state index in [-0.39, 0.29) is 11.6 Å². The van der Waals surface area contributed by atoms with Crippen molar-refractivity contribution >= 4 is 23.8 Å². The Bertz CT molecular complexity index is 768. The molecular formula is C18H21N5O2. The molecule has 1 saturated heterocycles. The topological polar surface area (TPSA) is 78.4 Å². The smallest absolute Gasteiger partial charge is 0.276 e. The molecule has 2 heterocycles. The molecule has 0 atom stereocenters. The lowest BCUT2D eigenvalue weighted by atomic mass is 10.1. The molecule has 25 heavy (non-hydrogen) atoms. The van der Waals surface area contributed by atoms with Crippen LogP contribution in [0.2, 0.25) is 0 Å². The highest BCUT2D eigenvalue weighted by Gasteiger charge is 2.17. The number of aromatic nitrogens is 2. The Kier molecular flexibility index (Phi) is 4.92. The second-order valence-electron chi connectivity index (χ2n) is 6.16. The van der Waals surface area contributed by atoms with Gasteiger partial charge in [0.05, 0.1) is 0 Å². The summed E-state index contributed by atoms with van der Waals surface area (Å²) < 4.78 is 0. The Balaban J connectivity index is 1.64. The van der Waals surface area contributed by atoms with Gasteiger partial charge in [0, 0.05) is 31.9 Å². The van der Waals surface area contributed by atoms with E-state index in [1.54, 1.807) is 17.0 Å². The minimum atomic E-state index is -0.284. The predicted octanol–water partition coefficient (Wildman–Crippen LogP) is 1.62. The number of piperazine rings is 1. The molecule has 0 radical (unpaired) electrons. The third kappa shape index (κ3) is 3.93. The zero-order chi connectivity index (χ0) is 17.8. The first-order chi connectivity index (χ1) is 12.1. The van der Waals surface area contributed by atoms with E-state index < -0.39 is 0 Å². The standard InChI is InChI=1S/C18H21N5O2/c1-13-3-4-15(11-14(13)2)19-18(25)16-5-6-17(21-20-16)23-9-7-22(12-24)8-10-23/h3-6,11-12H,7-10H2,1-2H3,(H,19,25). The summed E-state index contributed by atoms with van der Waals surface area (Å²) in [5.41, 5.74) is 3.31. The summed E-state index contributed by atoms with van der Waals surface area (Å²) in [4.78, 5) is 26.8. The van der Waals surface area contributed by atoms with E-state index in [9.17, 15) is 9.59 Å². The highest BCUT2D eigenvalue weighted by Crippen LogP contribution is 2.16. The van der Waals surface area contributed by atoms with Crippen molar-refractivity contribution < 1.29 is 9.59 Å². The van der Waals surface area contributed by atoms with Crippen molar-refractivity contribution in [2.75, 3.05) is 36.4 Å². The molecular weight excluding hydrogens is 318 g/mol. The lowest BCUT2D eigenvalue weighted by Gasteiger charge is -2.32. The lowest BCUT2D eigenvalue weighted by Crippen LogP contribution is -2.46. The monoisotopic (exact) mass is 339 g/mol. The maximum absolute atomic E-state index is 12.3. The maximum Gasteiger partial charge on any atom is 0.276 e. The molecule has 0 unspecified atom stereocenters. The first kappa shape index (κ1) is 16.9. The minimum Gasteiger partial charge on any atom is -0.352 e. The van der Waals surface area contributed by atoms with E-state index in [4.69, 9.17) is 0 Å². The van der Waals surface area contributed by atoms with Gasteiger partial charge in [0.2, 0.25) is 6.41 Å². The van der Waals surface area contributed by atoms with Crippen LogP contribution in [0.25, 0.3) is 0 Å². The summed E-state index contributed by atoms with van der Waals surface area (Å²) >= 11 is 0. The van der Waals surface area contributed by atoms with Gasteiger partial charge >= 0.3 is 0 Å². The van der Waals surface area contributed by atoms with Gasteiger partial charge in [-0.05, 0) is 49.2 Å². The van der Waals surface area contributed by atoms with Crippen LogP contribution >= 0.6 is 0 Å². The largest absolute Gasteiger partial charge is 0.352 e. The number of benzene rings is 1. The second-order valence-corrected chi connectivity index (χ2v) is 6.16. The fourth-order valence-electron chi connectivity index (χ4n) is 2.69. The molecule has 1 aliphatic rings. The average Bonchev–Trinajstić information content (AvgIpc) is 2.65. The highest BCUT2D eigenvalue weighted by atomic mass is 16.2. The van der Waals surface area contributed by atoms with Gasteiger partial charge in [-0.25, -0.2) is 0 Å². The summed E-state index contributed by atoms with van der Waals surface area (Å²) in [6.45, 7) is 6.79. The molecule has 0 aliphatic carbocycles. The van der Waals surface area contributed by atoms with Crippen molar-refractivity contribution in [3.05, 3.63) is 47.2 Å². The van der Waals surface area contributed by atoms with Crippen LogP contribution in [0.4, 0.5) is 11.5 Å². The third-order valence-corrected chi connectivity index (χ3v) is 4.44. The summed E-state index contributed by atoms with van der Waals surface area (Å²) in [5, 5.41) is 11.0. The zero-order valence-corrected chi connectivity index (χ0v) is 14.4. The van der Waals surface area contributed by atoms with E-state index >= 15 is 0 Å². The van der Waals surface area contributed by atoms with Crippen LogP contribution in [0.15, 0.2) is 30.3 Å². The van der Waals surface area contributed by atoms with Gasteiger partial charge in [0.25, 0.3) is 5.91 Å². The Morgan fingerprint density at radius 1 is 1.04 bits per heavy atom. The Morgan fingerprint density at radius 2 is 1.80 bits per heavy atom. The predicted molar refractivity (Wildman–Crippen MR) is 95.8 cm³/mol. The van der Waals surface area contributed by atoms with Crippen LogP contribution in [0, 0.1) is 13.8 Å². The minimum absolute atomic E-state index is 0.272. The molecule has 1 aliphatic heterocycles. The van der Waals surface area contributed by atoms with Crippen molar-refractivity contribution in [2.45, 2.75) is 13.8 Å². The highest BCUT2D eigenvalue weighted by molar-refractivity contribution is 6.02. The summed E-state index contributed by atoms with van der Waals surface area (Å²) in [7, 11) is 0. The van der Waals surface area contributed by atoms with Crippen LogP contribution in [-0.2, 0) is 4.79 Å². The van der Waals surface area contributed by atoms with Crippen molar-refractivity contribution in [3.8, 4) is 0 Å². The van der Waals surface area contributed by atoms with Crippen molar-refractivity contribution in [2.24, 2.45) is 0 Å². The molecule has 0 bridgehead atoms. The van der Waals surface area contributed by atoms with Crippen LogP contribution < -0.4 is 10.2 Å². The number of nitrogens with zero attached hydrogens (tertiary/aromatic N) is 4. The van der Waals surface area contributed by atoms with E-state index in [0.29, 0.717) is 32.0 Å². The van der Waals surface area contributed by atoms with Gasteiger partial charge in [0.1, 0.15) is 0 Å². The van der Waals surface area contributed by atoms with Gasteiger partial charge in [-0.15, -0.1) is 10.2 Å². The van der Waals surface area contributed by atoms with Gasteiger partial charge in [-0.3, -0.25) is 9.59 Å². The van der Waals surface area contributed by atoms with Crippen molar-refractivity contribution in [1.82, 2.24) is 15.1 Å².